The minimum absolute atomic E-state index is 0.00278. The zero-order valence-electron chi connectivity index (χ0n) is 22.5. The number of methoxy groups -OCH3 is 2. The van der Waals surface area contributed by atoms with Crippen molar-refractivity contribution in [2.45, 2.75) is 58.0 Å². The normalized spacial score (nSPS) is 15.8. The Morgan fingerprint density at radius 3 is 2.49 bits per heavy atom. The van der Waals surface area contributed by atoms with Crippen LogP contribution in [0.5, 0.6) is 11.5 Å². The summed E-state index contributed by atoms with van der Waals surface area (Å²) in [4.78, 5) is 19.8. The molecule has 1 saturated heterocycles. The first kappa shape index (κ1) is 26.7. The molecule has 1 aliphatic rings. The number of likely N-dealkylation sites (tertiary alicyclic amines) is 1. The molecule has 1 atom stereocenters. The number of hydrogen-bond donors (Lipinski definition) is 1. The molecule has 1 unspecified atom stereocenters. The molecule has 1 fully saturated rings. The topological polar surface area (TPSA) is 89.7 Å². The van der Waals surface area contributed by atoms with E-state index in [9.17, 15) is 4.79 Å². The van der Waals surface area contributed by atoms with Crippen LogP contribution in [0.4, 0.5) is 0 Å². The van der Waals surface area contributed by atoms with Gasteiger partial charge in [-0.05, 0) is 68.5 Å². The number of benzene rings is 2. The highest BCUT2D eigenvalue weighted by atomic mass is 16.5. The van der Waals surface area contributed by atoms with E-state index in [-0.39, 0.29) is 23.3 Å². The van der Waals surface area contributed by atoms with Crippen molar-refractivity contribution in [3.8, 4) is 22.9 Å². The van der Waals surface area contributed by atoms with E-state index >= 15 is 0 Å². The summed E-state index contributed by atoms with van der Waals surface area (Å²) in [5.74, 6) is 2.52. The second-order valence-corrected chi connectivity index (χ2v) is 10.5. The van der Waals surface area contributed by atoms with Crippen LogP contribution in [0.25, 0.3) is 11.4 Å². The molecule has 198 valence electrons. The Balaban J connectivity index is 1.25. The van der Waals surface area contributed by atoms with Crippen molar-refractivity contribution in [2.24, 2.45) is 5.92 Å². The van der Waals surface area contributed by atoms with Crippen molar-refractivity contribution in [1.29, 1.82) is 0 Å². The van der Waals surface area contributed by atoms with Gasteiger partial charge in [0.05, 0.1) is 20.8 Å². The van der Waals surface area contributed by atoms with Gasteiger partial charge in [0.1, 0.15) is 0 Å². The van der Waals surface area contributed by atoms with E-state index in [1.807, 2.05) is 24.3 Å². The summed E-state index contributed by atoms with van der Waals surface area (Å²) in [6.45, 7) is 8.76. The van der Waals surface area contributed by atoms with Crippen LogP contribution in [-0.2, 0) is 16.8 Å². The van der Waals surface area contributed by atoms with Crippen molar-refractivity contribution in [2.75, 3.05) is 27.3 Å². The summed E-state index contributed by atoms with van der Waals surface area (Å²) < 4.78 is 16.2. The van der Waals surface area contributed by atoms with Crippen LogP contribution in [0, 0.1) is 5.92 Å². The van der Waals surface area contributed by atoms with Crippen molar-refractivity contribution in [3.05, 3.63) is 60.0 Å². The molecule has 1 amide bonds. The van der Waals surface area contributed by atoms with Crippen LogP contribution in [0.3, 0.4) is 0 Å². The Labute approximate surface area is 219 Å². The smallest absolute Gasteiger partial charge is 0.241 e. The Morgan fingerprint density at radius 1 is 1.11 bits per heavy atom. The lowest BCUT2D eigenvalue weighted by Crippen LogP contribution is -2.44. The lowest BCUT2D eigenvalue weighted by molar-refractivity contribution is -0.127. The highest BCUT2D eigenvalue weighted by Gasteiger charge is 2.29. The van der Waals surface area contributed by atoms with Crippen molar-refractivity contribution >= 4 is 5.91 Å². The van der Waals surface area contributed by atoms with E-state index < -0.39 is 0 Å². The Kier molecular flexibility index (Phi) is 8.48. The molecule has 0 bridgehead atoms. The van der Waals surface area contributed by atoms with E-state index in [2.05, 4.69) is 65.4 Å². The third-order valence-electron chi connectivity index (χ3n) is 7.19. The second kappa shape index (κ2) is 11.8. The minimum Gasteiger partial charge on any atom is -0.493 e. The van der Waals surface area contributed by atoms with Gasteiger partial charge in [-0.3, -0.25) is 9.69 Å². The summed E-state index contributed by atoms with van der Waals surface area (Å²) in [6, 6.07) is 16.1. The summed E-state index contributed by atoms with van der Waals surface area (Å²) in [7, 11) is 3.20. The number of nitrogens with one attached hydrogen (secondary N) is 1. The van der Waals surface area contributed by atoms with Crippen molar-refractivity contribution in [3.63, 3.8) is 0 Å². The zero-order valence-corrected chi connectivity index (χ0v) is 22.5. The van der Waals surface area contributed by atoms with Crippen LogP contribution >= 0.6 is 0 Å². The van der Waals surface area contributed by atoms with Gasteiger partial charge in [0.25, 0.3) is 0 Å². The maximum atomic E-state index is 13.0. The molecule has 8 nitrogen and oxygen atoms in total. The molecule has 0 aliphatic carbocycles. The average Bonchev–Trinajstić information content (AvgIpc) is 3.37. The molecule has 2 aromatic carbocycles. The molecule has 37 heavy (non-hydrogen) atoms. The summed E-state index contributed by atoms with van der Waals surface area (Å²) in [5, 5.41) is 7.40. The molecule has 0 saturated carbocycles. The van der Waals surface area contributed by atoms with Gasteiger partial charge in [0, 0.05) is 17.5 Å². The number of carbonyl (C=O) groups excluding carboxylic acids is 1. The molecule has 2 heterocycles. The van der Waals surface area contributed by atoms with Crippen LogP contribution < -0.4 is 14.8 Å². The van der Waals surface area contributed by atoms with Crippen molar-refractivity contribution in [1.82, 2.24) is 20.4 Å². The predicted octanol–water partition coefficient (Wildman–Crippen LogP) is 4.84. The van der Waals surface area contributed by atoms with Gasteiger partial charge < -0.3 is 19.3 Å². The van der Waals surface area contributed by atoms with Gasteiger partial charge in [0.2, 0.25) is 17.6 Å². The maximum absolute atomic E-state index is 13.0. The number of carbonyl (C=O) groups is 1. The first-order valence-corrected chi connectivity index (χ1v) is 12.9. The van der Waals surface area contributed by atoms with Crippen LogP contribution in [0.15, 0.2) is 53.1 Å². The zero-order chi connectivity index (χ0) is 26.4. The van der Waals surface area contributed by atoms with Gasteiger partial charge in [-0.2, -0.15) is 4.98 Å². The first-order valence-electron chi connectivity index (χ1n) is 12.9. The van der Waals surface area contributed by atoms with Gasteiger partial charge >= 0.3 is 0 Å². The van der Waals surface area contributed by atoms with E-state index in [0.29, 0.717) is 29.8 Å². The molecule has 3 aromatic rings. The summed E-state index contributed by atoms with van der Waals surface area (Å²) >= 11 is 0. The fraction of sp³-hybridized carbons (Fsp3) is 0.483. The minimum atomic E-state index is -0.00278. The number of hydrogen-bond acceptors (Lipinski definition) is 7. The average molecular weight is 507 g/mol. The highest BCUT2D eigenvalue weighted by Crippen LogP contribution is 2.31. The number of piperidine rings is 1. The predicted molar refractivity (Wildman–Crippen MR) is 143 cm³/mol. The standard InChI is InChI=1S/C29H38N4O4/c1-20(18-29(2,3)23-9-7-6-8-10-23)30-28(34)21-13-15-33(16-14-21)19-26-31-27(32-37-26)22-11-12-24(35-4)25(17-22)36-5/h6-12,17,20-21H,13-16,18-19H2,1-5H3,(H,30,34). The maximum Gasteiger partial charge on any atom is 0.241 e. The second-order valence-electron chi connectivity index (χ2n) is 10.5. The van der Waals surface area contributed by atoms with Gasteiger partial charge in [-0.1, -0.05) is 49.3 Å². The van der Waals surface area contributed by atoms with Gasteiger partial charge in [-0.15, -0.1) is 0 Å². The van der Waals surface area contributed by atoms with Crippen molar-refractivity contribution < 1.29 is 18.8 Å². The van der Waals surface area contributed by atoms with Crippen LogP contribution in [0.2, 0.25) is 0 Å². The van der Waals surface area contributed by atoms with Gasteiger partial charge in [-0.25, -0.2) is 0 Å². The first-order chi connectivity index (χ1) is 17.8. The van der Waals surface area contributed by atoms with E-state index in [0.717, 1.165) is 37.9 Å². The molecule has 1 N–H and O–H groups in total. The largest absolute Gasteiger partial charge is 0.493 e. The molecular weight excluding hydrogens is 468 g/mol. The summed E-state index contributed by atoms with van der Waals surface area (Å²) in [5.41, 5.74) is 2.09. The molecular formula is C29H38N4O4. The summed E-state index contributed by atoms with van der Waals surface area (Å²) in [6.07, 6.45) is 2.52. The monoisotopic (exact) mass is 506 g/mol. The van der Waals surface area contributed by atoms with Crippen LogP contribution in [0.1, 0.15) is 51.5 Å². The SMILES string of the molecule is COc1ccc(-c2noc(CN3CCC(C(=O)NC(C)CC(C)(C)c4ccccc4)CC3)n2)cc1OC. The third-order valence-corrected chi connectivity index (χ3v) is 7.19. The van der Waals surface area contributed by atoms with Crippen LogP contribution in [-0.4, -0.2) is 54.3 Å². The highest BCUT2D eigenvalue weighted by molar-refractivity contribution is 5.79. The fourth-order valence-corrected chi connectivity index (χ4v) is 5.14. The fourth-order valence-electron chi connectivity index (χ4n) is 5.14. The van der Waals surface area contributed by atoms with Gasteiger partial charge in [0.15, 0.2) is 11.5 Å². The number of rotatable bonds is 10. The molecule has 0 radical (unpaired) electrons. The molecule has 0 spiro atoms. The molecule has 4 rings (SSSR count). The Bertz CT molecular complexity index is 1170. The Morgan fingerprint density at radius 2 is 1.81 bits per heavy atom. The van der Waals surface area contributed by atoms with E-state index in [1.165, 1.54) is 5.56 Å². The lowest BCUT2D eigenvalue weighted by atomic mass is 9.79. The molecule has 1 aromatic heterocycles. The quantitative estimate of drug-likeness (QED) is 0.421. The number of aromatic nitrogens is 2. The molecule has 8 heteroatoms. The lowest BCUT2D eigenvalue weighted by Gasteiger charge is -2.32. The Hall–Kier alpha value is -3.39. The van der Waals surface area contributed by atoms with E-state index in [1.54, 1.807) is 14.2 Å². The number of nitrogens with zero attached hydrogens (tertiary/aromatic N) is 3. The number of ether oxygens (including phenoxy) is 2. The number of amides is 1. The van der Waals surface area contributed by atoms with E-state index in [4.69, 9.17) is 14.0 Å². The third kappa shape index (κ3) is 6.68. The molecule has 1 aliphatic heterocycles.